The number of anilines is 1. The zero-order chi connectivity index (χ0) is 22.8. The highest BCUT2D eigenvalue weighted by Gasteiger charge is 2.40. The van der Waals surface area contributed by atoms with E-state index in [0.29, 0.717) is 11.5 Å². The van der Waals surface area contributed by atoms with E-state index in [0.717, 1.165) is 16.0 Å². The number of nitrogens with zero attached hydrogens (tertiary/aromatic N) is 1. The Balaban J connectivity index is 1.49. The molecule has 0 saturated heterocycles. The second kappa shape index (κ2) is 8.69. The molecule has 1 heterocycles. The Labute approximate surface area is 189 Å². The van der Waals surface area contributed by atoms with Crippen LogP contribution in [0.4, 0.5) is 5.69 Å². The number of amides is 2. The molecule has 0 fully saturated rings. The lowest BCUT2D eigenvalue weighted by atomic mass is 10.2. The lowest BCUT2D eigenvalue weighted by Crippen LogP contribution is -2.32. The second-order valence-corrected chi connectivity index (χ2v) is 7.63. The Morgan fingerprint density at radius 3 is 1.84 bits per heavy atom. The van der Waals surface area contributed by atoms with E-state index < -0.39 is 17.8 Å². The summed E-state index contributed by atoms with van der Waals surface area (Å²) >= 11 is 6.10. The van der Waals surface area contributed by atoms with Crippen molar-refractivity contribution in [3.8, 4) is 11.5 Å². The maximum atomic E-state index is 12.8. The van der Waals surface area contributed by atoms with Gasteiger partial charge in [0.05, 0.1) is 11.3 Å². The maximum Gasteiger partial charge on any atom is 0.343 e. The van der Waals surface area contributed by atoms with Gasteiger partial charge in [-0.3, -0.25) is 9.59 Å². The van der Waals surface area contributed by atoms with Gasteiger partial charge >= 0.3 is 11.9 Å². The molecule has 0 bridgehead atoms. The van der Waals surface area contributed by atoms with Crippen molar-refractivity contribution in [3.05, 3.63) is 100 Å². The monoisotopic (exact) mass is 447 g/mol. The molecule has 3 aromatic carbocycles. The molecule has 0 saturated carbocycles. The van der Waals surface area contributed by atoms with Gasteiger partial charge in [0.25, 0.3) is 5.91 Å². The van der Waals surface area contributed by atoms with Crippen molar-refractivity contribution in [1.82, 2.24) is 0 Å². The van der Waals surface area contributed by atoms with E-state index in [4.69, 9.17) is 21.1 Å². The lowest BCUT2D eigenvalue weighted by molar-refractivity contribution is -0.121. The van der Waals surface area contributed by atoms with Crippen LogP contribution in [0.25, 0.3) is 0 Å². The number of aryl methyl sites for hydroxylation is 2. The van der Waals surface area contributed by atoms with Gasteiger partial charge in [-0.1, -0.05) is 47.0 Å². The van der Waals surface area contributed by atoms with E-state index in [1.807, 2.05) is 38.1 Å². The summed E-state index contributed by atoms with van der Waals surface area (Å²) in [5.41, 5.74) is 2.59. The number of benzene rings is 3. The number of imide groups is 1. The number of carbonyl (C=O) groups is 3. The van der Waals surface area contributed by atoms with E-state index in [9.17, 15) is 14.4 Å². The van der Waals surface area contributed by atoms with Crippen LogP contribution in [0.15, 0.2) is 83.6 Å². The molecule has 7 heteroatoms. The summed E-state index contributed by atoms with van der Waals surface area (Å²) in [6.45, 7) is 3.85. The molecule has 1 aliphatic heterocycles. The molecule has 0 N–H and O–H groups in total. The van der Waals surface area contributed by atoms with Crippen LogP contribution in [-0.4, -0.2) is 17.8 Å². The molecule has 0 aliphatic carbocycles. The van der Waals surface area contributed by atoms with Crippen LogP contribution in [-0.2, 0) is 9.59 Å². The third-order valence-electron chi connectivity index (χ3n) is 4.82. The van der Waals surface area contributed by atoms with Gasteiger partial charge in [-0.25, -0.2) is 9.69 Å². The van der Waals surface area contributed by atoms with Gasteiger partial charge < -0.3 is 9.47 Å². The Morgan fingerprint density at radius 2 is 1.28 bits per heavy atom. The van der Waals surface area contributed by atoms with E-state index >= 15 is 0 Å². The number of carbonyl (C=O) groups excluding carboxylic acids is 3. The van der Waals surface area contributed by atoms with Crippen molar-refractivity contribution < 1.29 is 23.9 Å². The Kier molecular flexibility index (Phi) is 5.79. The molecular formula is C25H18ClNO5. The summed E-state index contributed by atoms with van der Waals surface area (Å²) in [6, 6.07) is 20.0. The van der Waals surface area contributed by atoms with Crippen LogP contribution < -0.4 is 14.4 Å². The van der Waals surface area contributed by atoms with Gasteiger partial charge in [-0.05, 0) is 62.4 Å². The minimum atomic E-state index is -0.700. The van der Waals surface area contributed by atoms with Crippen molar-refractivity contribution in [1.29, 1.82) is 0 Å². The summed E-state index contributed by atoms with van der Waals surface area (Å²) in [4.78, 5) is 38.7. The fourth-order valence-corrected chi connectivity index (χ4v) is 3.25. The van der Waals surface area contributed by atoms with Gasteiger partial charge in [0.2, 0.25) is 5.76 Å². The summed E-state index contributed by atoms with van der Waals surface area (Å²) in [5.74, 6) is -1.38. The molecule has 2 amide bonds. The Morgan fingerprint density at radius 1 is 0.750 bits per heavy atom. The highest BCUT2D eigenvalue weighted by Crippen LogP contribution is 2.31. The minimum Gasteiger partial charge on any atom is -0.450 e. The predicted octanol–water partition coefficient (Wildman–Crippen LogP) is 4.93. The normalized spacial score (nSPS) is 13.5. The first kappa shape index (κ1) is 21.3. The third kappa shape index (κ3) is 4.26. The molecule has 3 aromatic rings. The fourth-order valence-electron chi connectivity index (χ4n) is 3.05. The zero-order valence-electron chi connectivity index (χ0n) is 17.3. The van der Waals surface area contributed by atoms with E-state index in [1.165, 1.54) is 24.3 Å². The largest absolute Gasteiger partial charge is 0.450 e. The molecular weight excluding hydrogens is 430 g/mol. The lowest BCUT2D eigenvalue weighted by Gasteiger charge is -2.15. The van der Waals surface area contributed by atoms with Crippen LogP contribution in [0.2, 0.25) is 0 Å². The maximum absolute atomic E-state index is 12.8. The van der Waals surface area contributed by atoms with E-state index in [-0.39, 0.29) is 22.0 Å². The van der Waals surface area contributed by atoms with Crippen LogP contribution in [0.3, 0.4) is 0 Å². The zero-order valence-corrected chi connectivity index (χ0v) is 18.1. The van der Waals surface area contributed by atoms with Crippen LogP contribution in [0.1, 0.15) is 21.5 Å². The molecule has 6 nitrogen and oxygen atoms in total. The topological polar surface area (TPSA) is 72.9 Å². The Bertz CT molecular complexity index is 1230. The molecule has 32 heavy (non-hydrogen) atoms. The van der Waals surface area contributed by atoms with E-state index in [2.05, 4.69) is 0 Å². The molecule has 0 spiro atoms. The quantitative estimate of drug-likeness (QED) is 0.315. The minimum absolute atomic E-state index is 0.247. The summed E-state index contributed by atoms with van der Waals surface area (Å²) in [6.07, 6.45) is 0. The molecule has 4 rings (SSSR count). The van der Waals surface area contributed by atoms with Crippen LogP contribution in [0.5, 0.6) is 11.5 Å². The van der Waals surface area contributed by atoms with Crippen molar-refractivity contribution in [2.45, 2.75) is 13.8 Å². The molecule has 160 valence electrons. The molecule has 0 atom stereocenters. The first-order chi connectivity index (χ1) is 15.3. The van der Waals surface area contributed by atoms with Gasteiger partial charge in [0.1, 0.15) is 11.5 Å². The molecule has 0 aromatic heterocycles. The fraction of sp³-hybridized carbons (Fsp3) is 0.0800. The van der Waals surface area contributed by atoms with Crippen molar-refractivity contribution in [3.63, 3.8) is 0 Å². The SMILES string of the molecule is Cc1ccc(OC(=O)c2ccc(N3C(=O)C(Cl)=C(Oc4ccc(C)cc4)C3=O)cc2)cc1. The first-order valence-electron chi connectivity index (χ1n) is 9.75. The number of ether oxygens (including phenoxy) is 2. The van der Waals surface area contributed by atoms with Gasteiger partial charge in [-0.15, -0.1) is 0 Å². The molecule has 0 radical (unpaired) electrons. The number of hydrogen-bond donors (Lipinski definition) is 0. The standard InChI is InChI=1S/C25H18ClNO5/c1-15-3-11-19(12-4-15)31-22-21(26)23(28)27(24(22)29)18-9-7-17(8-10-18)25(30)32-20-13-5-16(2)6-14-20/h3-14H,1-2H3. The first-order valence-corrected chi connectivity index (χ1v) is 10.1. The number of rotatable bonds is 5. The van der Waals surface area contributed by atoms with Gasteiger partial charge in [-0.2, -0.15) is 0 Å². The van der Waals surface area contributed by atoms with Gasteiger partial charge in [0, 0.05) is 0 Å². The van der Waals surface area contributed by atoms with Crippen molar-refractivity contribution >= 4 is 35.1 Å². The number of esters is 1. The summed E-state index contributed by atoms with van der Waals surface area (Å²) in [7, 11) is 0. The van der Waals surface area contributed by atoms with Gasteiger partial charge in [0.15, 0.2) is 5.03 Å². The van der Waals surface area contributed by atoms with Crippen LogP contribution >= 0.6 is 11.6 Å². The number of halogens is 1. The molecule has 1 aliphatic rings. The predicted molar refractivity (Wildman–Crippen MR) is 120 cm³/mol. The average Bonchev–Trinajstić information content (AvgIpc) is 3.00. The third-order valence-corrected chi connectivity index (χ3v) is 5.15. The second-order valence-electron chi connectivity index (χ2n) is 7.25. The van der Waals surface area contributed by atoms with Crippen molar-refractivity contribution in [2.75, 3.05) is 4.90 Å². The van der Waals surface area contributed by atoms with Crippen LogP contribution in [0, 0.1) is 13.8 Å². The highest BCUT2D eigenvalue weighted by atomic mass is 35.5. The summed E-state index contributed by atoms with van der Waals surface area (Å²) in [5, 5.41) is -0.307. The Hall–Kier alpha value is -3.90. The van der Waals surface area contributed by atoms with E-state index in [1.54, 1.807) is 24.3 Å². The smallest absolute Gasteiger partial charge is 0.343 e. The number of hydrogen-bond acceptors (Lipinski definition) is 5. The molecule has 0 unspecified atom stereocenters. The van der Waals surface area contributed by atoms with Crippen molar-refractivity contribution in [2.24, 2.45) is 0 Å². The summed E-state index contributed by atoms with van der Waals surface area (Å²) < 4.78 is 10.9. The highest BCUT2D eigenvalue weighted by molar-refractivity contribution is 6.52. The average molecular weight is 448 g/mol.